The molecule has 2 fully saturated rings. The predicted molar refractivity (Wildman–Crippen MR) is 239 cm³/mol. The van der Waals surface area contributed by atoms with Crippen LogP contribution in [-0.4, -0.2) is 108 Å². The second-order valence-corrected chi connectivity index (χ2v) is 18.7. The van der Waals surface area contributed by atoms with Gasteiger partial charge in [-0.3, -0.25) is 19.2 Å². The van der Waals surface area contributed by atoms with E-state index in [2.05, 4.69) is 25.8 Å². The Morgan fingerprint density at radius 1 is 0.984 bits per heavy atom. The summed E-state index contributed by atoms with van der Waals surface area (Å²) in [6, 6.07) is 9.79. The molecule has 4 N–H and O–H groups in total. The van der Waals surface area contributed by atoms with Crippen molar-refractivity contribution in [2.24, 2.45) is 5.41 Å². The van der Waals surface area contributed by atoms with Gasteiger partial charge in [-0.15, -0.1) is 22.7 Å². The third-order valence-electron chi connectivity index (χ3n) is 11.3. The smallest absolute Gasteiger partial charge is 0.257 e. The number of carbonyl (C=O) groups is 4. The van der Waals surface area contributed by atoms with E-state index in [0.29, 0.717) is 38.3 Å². The van der Waals surface area contributed by atoms with Crippen LogP contribution >= 0.6 is 22.7 Å². The minimum Gasteiger partial charge on any atom is -0.483 e. The molecular weight excluding hydrogens is 815 g/mol. The molecule has 328 valence electrons. The van der Waals surface area contributed by atoms with E-state index in [-0.39, 0.29) is 49.8 Å². The Labute approximate surface area is 366 Å². The Balaban J connectivity index is 0.963. The van der Waals surface area contributed by atoms with E-state index in [9.17, 15) is 24.3 Å². The zero-order valence-electron chi connectivity index (χ0n) is 36.2. The molecule has 4 amide bonds. The highest BCUT2D eigenvalue weighted by molar-refractivity contribution is 7.14. The highest BCUT2D eigenvalue weighted by Gasteiger charge is 2.44. The molecular formula is C45H59N7O7S2. The molecule has 0 saturated carbocycles. The standard InChI is InChI=1S/C45H59N7O7S2/c1-27-11-16-34(35-25-60-44(49-35)51-18-20-58-21-19-51)39(28(27)2)59-24-38(55)46-17-9-8-10-37(54)50-41(45(5,6)7)43(57)52-23-33(53)22-36(52)42(56)48-29(3)31-12-14-32(15-13-31)40-30(4)47-26-61-40/h11-16,25-26,29,33,36,41,53H,8-10,17-24H2,1-7H3,(H,46,55)(H,48,56)(H,50,54)/t29?,33-,36+,41?/m1/s1. The number of anilines is 1. The molecule has 2 aliphatic heterocycles. The molecule has 0 spiro atoms. The van der Waals surface area contributed by atoms with Crippen molar-refractivity contribution in [3.05, 3.63) is 69.7 Å². The summed E-state index contributed by atoms with van der Waals surface area (Å²) in [6.07, 6.45) is 0.387. The number of aliphatic hydroxyl groups excluding tert-OH is 1. The number of thiazole rings is 2. The van der Waals surface area contributed by atoms with E-state index in [0.717, 1.165) is 62.3 Å². The maximum Gasteiger partial charge on any atom is 0.257 e. The van der Waals surface area contributed by atoms with Crippen LogP contribution in [0.3, 0.4) is 0 Å². The lowest BCUT2D eigenvalue weighted by molar-refractivity contribution is -0.144. The summed E-state index contributed by atoms with van der Waals surface area (Å²) in [6.45, 7) is 16.5. The largest absolute Gasteiger partial charge is 0.483 e. The highest BCUT2D eigenvalue weighted by atomic mass is 32.1. The van der Waals surface area contributed by atoms with Crippen molar-refractivity contribution < 1.29 is 33.8 Å². The molecule has 14 nitrogen and oxygen atoms in total. The average molecular weight is 874 g/mol. The third kappa shape index (κ3) is 11.5. The van der Waals surface area contributed by atoms with Crippen LogP contribution in [0.5, 0.6) is 5.75 Å². The summed E-state index contributed by atoms with van der Waals surface area (Å²) in [4.78, 5) is 67.8. The van der Waals surface area contributed by atoms with Crippen LogP contribution in [0, 0.1) is 26.2 Å². The first-order valence-corrected chi connectivity index (χ1v) is 22.7. The molecule has 16 heteroatoms. The number of aryl methyl sites for hydroxylation is 2. The van der Waals surface area contributed by atoms with Crippen LogP contribution in [0.25, 0.3) is 21.7 Å². The van der Waals surface area contributed by atoms with Crippen molar-refractivity contribution >= 4 is 51.4 Å². The summed E-state index contributed by atoms with van der Waals surface area (Å²) in [7, 11) is 0. The van der Waals surface area contributed by atoms with Gasteiger partial charge in [-0.1, -0.05) is 51.1 Å². The summed E-state index contributed by atoms with van der Waals surface area (Å²) < 4.78 is 11.6. The molecule has 4 aromatic rings. The predicted octanol–water partition coefficient (Wildman–Crippen LogP) is 5.73. The van der Waals surface area contributed by atoms with Crippen molar-refractivity contribution in [3.63, 3.8) is 0 Å². The maximum atomic E-state index is 14.1. The molecule has 0 aliphatic carbocycles. The molecule has 4 atom stereocenters. The normalized spacial score (nSPS) is 17.8. The van der Waals surface area contributed by atoms with Crippen LogP contribution in [0.1, 0.15) is 81.8 Å². The molecule has 2 aromatic heterocycles. The van der Waals surface area contributed by atoms with Gasteiger partial charge < -0.3 is 40.3 Å². The van der Waals surface area contributed by atoms with E-state index >= 15 is 0 Å². The van der Waals surface area contributed by atoms with Crippen molar-refractivity contribution in [1.29, 1.82) is 0 Å². The topological polar surface area (TPSA) is 175 Å². The Kier molecular flexibility index (Phi) is 15.2. The Bertz CT molecular complexity index is 2160. The van der Waals surface area contributed by atoms with E-state index in [1.807, 2.05) is 95.8 Å². The molecule has 0 bridgehead atoms. The monoisotopic (exact) mass is 873 g/mol. The quantitative estimate of drug-likeness (QED) is 0.102. The number of likely N-dealkylation sites (tertiary alicyclic amines) is 1. The van der Waals surface area contributed by atoms with E-state index in [1.54, 1.807) is 22.7 Å². The second kappa shape index (κ2) is 20.3. The number of β-amino-alcohol motifs (C(OH)–C–C–N with tert-alkyl or cyclic N) is 1. The Morgan fingerprint density at radius 3 is 2.41 bits per heavy atom. The summed E-state index contributed by atoms with van der Waals surface area (Å²) >= 11 is 3.15. The van der Waals surface area contributed by atoms with Gasteiger partial charge in [0, 0.05) is 50.0 Å². The van der Waals surface area contributed by atoms with Crippen LogP contribution in [0.15, 0.2) is 47.3 Å². The van der Waals surface area contributed by atoms with Crippen molar-refractivity contribution in [3.8, 4) is 27.4 Å². The average Bonchev–Trinajstić information content (AvgIpc) is 4.00. The number of benzene rings is 2. The van der Waals surface area contributed by atoms with Gasteiger partial charge in [-0.05, 0) is 74.3 Å². The van der Waals surface area contributed by atoms with Crippen molar-refractivity contribution in [2.75, 3.05) is 50.9 Å². The molecule has 0 radical (unpaired) electrons. The molecule has 6 rings (SSSR count). The highest BCUT2D eigenvalue weighted by Crippen LogP contribution is 2.37. The Hall–Kier alpha value is -4.90. The van der Waals surface area contributed by atoms with Gasteiger partial charge in [0.25, 0.3) is 5.91 Å². The first-order valence-electron chi connectivity index (χ1n) is 21.0. The van der Waals surface area contributed by atoms with Gasteiger partial charge in [0.15, 0.2) is 11.7 Å². The summed E-state index contributed by atoms with van der Waals surface area (Å²) in [5.74, 6) is -0.736. The summed E-state index contributed by atoms with van der Waals surface area (Å²) in [5.41, 5.74) is 7.68. The van der Waals surface area contributed by atoms with Crippen LogP contribution < -0.4 is 25.6 Å². The van der Waals surface area contributed by atoms with E-state index < -0.39 is 29.5 Å². The van der Waals surface area contributed by atoms with Gasteiger partial charge in [0.1, 0.15) is 17.8 Å². The maximum absolute atomic E-state index is 14.1. The number of unbranched alkanes of at least 4 members (excludes halogenated alkanes) is 1. The molecule has 61 heavy (non-hydrogen) atoms. The number of hydrogen-bond acceptors (Lipinski definition) is 12. The number of nitrogens with one attached hydrogen (secondary N) is 3. The van der Waals surface area contributed by atoms with Crippen LogP contribution in [-0.2, 0) is 23.9 Å². The van der Waals surface area contributed by atoms with E-state index in [4.69, 9.17) is 14.5 Å². The number of aromatic nitrogens is 2. The number of morpholine rings is 1. The van der Waals surface area contributed by atoms with Gasteiger partial charge in [-0.25, -0.2) is 9.97 Å². The van der Waals surface area contributed by atoms with Gasteiger partial charge in [-0.2, -0.15) is 0 Å². The van der Waals surface area contributed by atoms with Gasteiger partial charge in [0.2, 0.25) is 17.7 Å². The van der Waals surface area contributed by atoms with E-state index in [1.165, 1.54) is 4.90 Å². The fraction of sp³-hybridized carbons (Fsp3) is 0.511. The number of amides is 4. The number of carbonyl (C=O) groups excluding carboxylic acids is 4. The number of hydrogen-bond donors (Lipinski definition) is 4. The number of rotatable bonds is 16. The SMILES string of the molecule is Cc1ccc(-c2csc(N3CCOCC3)n2)c(OCC(=O)NCCCCC(=O)NC(C(=O)N2C[C@H](O)C[C@H]2C(=O)NC(C)c2ccc(-c3scnc3C)cc2)C(C)(C)C)c1C. The zero-order valence-corrected chi connectivity index (χ0v) is 37.8. The number of nitrogens with zero attached hydrogens (tertiary/aromatic N) is 4. The minimum absolute atomic E-state index is 0.00838. The lowest BCUT2D eigenvalue weighted by atomic mass is 9.85. The molecule has 2 aliphatic rings. The fourth-order valence-electron chi connectivity index (χ4n) is 7.54. The molecule has 2 saturated heterocycles. The first-order chi connectivity index (χ1) is 29.1. The Morgan fingerprint density at radius 2 is 1.72 bits per heavy atom. The van der Waals surface area contributed by atoms with Crippen molar-refractivity contribution in [1.82, 2.24) is 30.8 Å². The van der Waals surface area contributed by atoms with Gasteiger partial charge in [0.05, 0.1) is 47.1 Å². The lowest BCUT2D eigenvalue weighted by Crippen LogP contribution is -2.57. The van der Waals surface area contributed by atoms with Gasteiger partial charge >= 0.3 is 0 Å². The lowest BCUT2D eigenvalue weighted by Gasteiger charge is -2.35. The first kappa shape index (κ1) is 45.6. The summed E-state index contributed by atoms with van der Waals surface area (Å²) in [5, 5.41) is 22.4. The number of aliphatic hydroxyl groups is 1. The molecule has 4 heterocycles. The van der Waals surface area contributed by atoms with Crippen LogP contribution in [0.2, 0.25) is 0 Å². The molecule has 2 aromatic carbocycles. The fourth-order valence-corrected chi connectivity index (χ4v) is 9.23. The minimum atomic E-state index is -0.928. The number of ether oxygens (including phenoxy) is 2. The second-order valence-electron chi connectivity index (χ2n) is 17.0. The van der Waals surface area contributed by atoms with Crippen LogP contribution in [0.4, 0.5) is 5.13 Å². The molecule has 2 unspecified atom stereocenters. The zero-order chi connectivity index (χ0) is 43.8. The third-order valence-corrected chi connectivity index (χ3v) is 13.2. The van der Waals surface area contributed by atoms with Crippen molar-refractivity contribution in [2.45, 2.75) is 98.4 Å².